The molecule has 378 valence electrons. The summed E-state index contributed by atoms with van der Waals surface area (Å²) >= 11 is 0. The van der Waals surface area contributed by atoms with Gasteiger partial charge in [-0.1, -0.05) is 237 Å². The van der Waals surface area contributed by atoms with Crippen molar-refractivity contribution >= 4 is 13.7 Å². The summed E-state index contributed by atoms with van der Waals surface area (Å²) in [4.78, 5) is 25.1. The number of phosphoric ester groups is 1. The number of aliphatic hydroxyl groups excluding tert-OH is 1. The van der Waals surface area contributed by atoms with Crippen molar-refractivity contribution in [3.05, 3.63) is 36.5 Å². The fourth-order valence-electron chi connectivity index (χ4n) is 8.01. The van der Waals surface area contributed by atoms with Crippen LogP contribution in [0, 0.1) is 0 Å². The van der Waals surface area contributed by atoms with E-state index in [9.17, 15) is 19.4 Å². The Hall–Kier alpha value is -1.28. The number of aliphatic hydroxyl groups is 1. The second-order valence-corrected chi connectivity index (χ2v) is 21.3. The number of phosphoric acid groups is 1. The highest BCUT2D eigenvalue weighted by atomic mass is 31.2. The zero-order chi connectivity index (χ0) is 47.1. The second kappa shape index (κ2) is 46.8. The molecule has 3 atom stereocenters. The Kier molecular flexibility index (Phi) is 45.9. The number of nitrogens with zero attached hydrogens (tertiary/aromatic N) is 1. The van der Waals surface area contributed by atoms with Crippen LogP contribution in [0.1, 0.15) is 258 Å². The zero-order valence-electron chi connectivity index (χ0n) is 43.0. The number of hydrogen-bond donors (Lipinski definition) is 2. The van der Waals surface area contributed by atoms with Crippen LogP contribution in [0.25, 0.3) is 0 Å². The third-order valence-electron chi connectivity index (χ3n) is 12.3. The second-order valence-electron chi connectivity index (χ2n) is 19.9. The van der Waals surface area contributed by atoms with Gasteiger partial charge in [-0.2, -0.15) is 0 Å². The summed E-state index contributed by atoms with van der Waals surface area (Å²) in [6, 6.07) is -0.880. The quantitative estimate of drug-likeness (QED) is 0.0272. The minimum absolute atomic E-state index is 0.000440. The van der Waals surface area contributed by atoms with E-state index >= 15 is 0 Å². The molecule has 0 radical (unpaired) electrons. The van der Waals surface area contributed by atoms with Gasteiger partial charge in [-0.05, 0) is 51.4 Å². The fraction of sp³-hybridized carbons (Fsp3) is 0.873. The molecule has 8 nitrogen and oxygen atoms in total. The number of carbonyl (C=O) groups is 1. The normalized spacial score (nSPS) is 14.3. The van der Waals surface area contributed by atoms with Crippen molar-refractivity contribution in [2.45, 2.75) is 270 Å². The Bertz CT molecular complexity index is 1140. The molecule has 0 bridgehead atoms. The van der Waals surface area contributed by atoms with Crippen LogP contribution in [0.4, 0.5) is 0 Å². The molecule has 0 fully saturated rings. The topological polar surface area (TPSA) is 108 Å². The van der Waals surface area contributed by atoms with E-state index in [1.54, 1.807) is 6.08 Å². The average Bonchev–Trinajstić information content (AvgIpc) is 3.25. The van der Waals surface area contributed by atoms with Crippen LogP contribution < -0.4 is 10.2 Å². The van der Waals surface area contributed by atoms with Crippen LogP contribution in [0.2, 0.25) is 0 Å². The summed E-state index contributed by atoms with van der Waals surface area (Å²) in [7, 11) is 1.26. The highest BCUT2D eigenvalue weighted by Crippen LogP contribution is 2.38. The minimum atomic E-state index is -4.57. The molecule has 0 heterocycles. The van der Waals surface area contributed by atoms with E-state index in [0.29, 0.717) is 17.4 Å². The van der Waals surface area contributed by atoms with Gasteiger partial charge in [-0.3, -0.25) is 9.36 Å². The van der Waals surface area contributed by atoms with Gasteiger partial charge in [0.15, 0.2) is 0 Å². The van der Waals surface area contributed by atoms with Crippen molar-refractivity contribution < 1.29 is 32.9 Å². The van der Waals surface area contributed by atoms with E-state index in [1.807, 2.05) is 27.2 Å². The molecule has 64 heavy (non-hydrogen) atoms. The smallest absolute Gasteiger partial charge is 0.268 e. The molecular weight excluding hydrogens is 816 g/mol. The van der Waals surface area contributed by atoms with Gasteiger partial charge in [-0.25, -0.2) is 0 Å². The Balaban J connectivity index is 3.70. The minimum Gasteiger partial charge on any atom is -0.756 e. The molecule has 0 aromatic heterocycles. The van der Waals surface area contributed by atoms with Crippen molar-refractivity contribution in [2.24, 2.45) is 0 Å². The monoisotopic (exact) mass is 923 g/mol. The van der Waals surface area contributed by atoms with Crippen molar-refractivity contribution in [2.75, 3.05) is 40.9 Å². The van der Waals surface area contributed by atoms with E-state index < -0.39 is 20.0 Å². The Morgan fingerprint density at radius 3 is 1.33 bits per heavy atom. The first-order valence-electron chi connectivity index (χ1n) is 27.4. The van der Waals surface area contributed by atoms with E-state index in [2.05, 4.69) is 43.5 Å². The maximum Gasteiger partial charge on any atom is 0.268 e. The predicted octanol–water partition coefficient (Wildman–Crippen LogP) is 15.6. The number of hydrogen-bond acceptors (Lipinski definition) is 6. The number of unbranched alkanes of at least 4 members (excludes halogenated alkanes) is 33. The number of quaternary nitrogens is 1. The standard InChI is InChI=1S/C55H107N2O6P/c1-6-8-10-12-13-14-15-16-17-18-19-20-21-22-23-24-25-26-27-28-29-30-31-32-33-34-35-36-37-38-39-40-41-42-43-45-47-49-55(59)56-53(54(58)48-46-44-11-9-7-2)52-63-64(60,61)62-51-50-57(3,4)5/h15-16,18-19,46,48,53-54,58H,6-14,17,20-45,47,49-52H2,1-5H3,(H-,56,59,60,61)/b16-15-,19-18-,48-46+. The molecule has 0 aromatic carbocycles. The largest absolute Gasteiger partial charge is 0.756 e. The molecule has 0 spiro atoms. The van der Waals surface area contributed by atoms with Gasteiger partial charge >= 0.3 is 0 Å². The first kappa shape index (κ1) is 62.7. The van der Waals surface area contributed by atoms with Crippen molar-refractivity contribution in [1.29, 1.82) is 0 Å². The van der Waals surface area contributed by atoms with Gasteiger partial charge in [-0.15, -0.1) is 0 Å². The zero-order valence-corrected chi connectivity index (χ0v) is 43.9. The first-order chi connectivity index (χ1) is 31.0. The van der Waals surface area contributed by atoms with Crippen LogP contribution in [0.3, 0.4) is 0 Å². The van der Waals surface area contributed by atoms with Crippen molar-refractivity contribution in [3.8, 4) is 0 Å². The lowest BCUT2D eigenvalue weighted by Gasteiger charge is -2.29. The van der Waals surface area contributed by atoms with E-state index in [1.165, 1.54) is 186 Å². The van der Waals surface area contributed by atoms with Crippen molar-refractivity contribution in [3.63, 3.8) is 0 Å². The number of likely N-dealkylation sites (N-methyl/N-ethyl adjacent to an activating group) is 1. The van der Waals surface area contributed by atoms with E-state index in [-0.39, 0.29) is 19.1 Å². The predicted molar refractivity (Wildman–Crippen MR) is 275 cm³/mol. The highest BCUT2D eigenvalue weighted by Gasteiger charge is 2.23. The van der Waals surface area contributed by atoms with Crippen LogP contribution in [0.15, 0.2) is 36.5 Å². The van der Waals surface area contributed by atoms with Gasteiger partial charge in [0.05, 0.1) is 39.9 Å². The number of allylic oxidation sites excluding steroid dienone is 5. The summed E-state index contributed by atoms with van der Waals surface area (Å²) in [6.45, 7) is 4.53. The lowest BCUT2D eigenvalue weighted by molar-refractivity contribution is -0.870. The molecule has 0 saturated heterocycles. The number of nitrogens with one attached hydrogen (secondary N) is 1. The summed E-state index contributed by atoms with van der Waals surface area (Å²) in [5.41, 5.74) is 0. The van der Waals surface area contributed by atoms with Gasteiger partial charge in [0.1, 0.15) is 13.2 Å². The molecular formula is C55H107N2O6P. The third-order valence-corrected chi connectivity index (χ3v) is 13.3. The van der Waals surface area contributed by atoms with Crippen LogP contribution in [-0.4, -0.2) is 68.5 Å². The molecule has 9 heteroatoms. The Labute approximate surface area is 397 Å². The van der Waals surface area contributed by atoms with Crippen LogP contribution >= 0.6 is 7.82 Å². The number of carbonyl (C=O) groups excluding carboxylic acids is 1. The van der Waals surface area contributed by atoms with Gasteiger partial charge in [0.25, 0.3) is 7.82 Å². The molecule has 0 saturated carbocycles. The first-order valence-corrected chi connectivity index (χ1v) is 28.8. The summed E-state index contributed by atoms with van der Waals surface area (Å²) < 4.78 is 23.0. The summed E-state index contributed by atoms with van der Waals surface area (Å²) in [5, 5.41) is 13.6. The molecule has 0 aliphatic rings. The SMILES string of the molecule is CCCCC/C=C/C(O)C(COP(=O)([O-])OCC[N+](C)(C)C)NC(=O)CCCCCCCCCCCCCCCCCCCCCCCCCCC/C=C\C/C=C\CCCCCCC. The highest BCUT2D eigenvalue weighted by molar-refractivity contribution is 7.45. The number of amides is 1. The Morgan fingerprint density at radius 2 is 0.906 bits per heavy atom. The summed E-state index contributed by atoms with van der Waals surface area (Å²) in [5.74, 6) is -0.201. The molecule has 1 amide bonds. The molecule has 3 unspecified atom stereocenters. The third kappa shape index (κ3) is 48.6. The number of rotatable bonds is 50. The lowest BCUT2D eigenvalue weighted by atomic mass is 10.0. The van der Waals surface area contributed by atoms with Gasteiger partial charge in [0, 0.05) is 6.42 Å². The van der Waals surface area contributed by atoms with Crippen LogP contribution in [-0.2, 0) is 18.4 Å². The maximum atomic E-state index is 12.8. The molecule has 2 N–H and O–H groups in total. The Morgan fingerprint density at radius 1 is 0.547 bits per heavy atom. The molecule has 0 aromatic rings. The fourth-order valence-corrected chi connectivity index (χ4v) is 8.73. The van der Waals surface area contributed by atoms with Gasteiger partial charge in [0.2, 0.25) is 5.91 Å². The van der Waals surface area contributed by atoms with Crippen molar-refractivity contribution in [1.82, 2.24) is 5.32 Å². The van der Waals surface area contributed by atoms with Crippen LogP contribution in [0.5, 0.6) is 0 Å². The average molecular weight is 923 g/mol. The molecule has 0 aliphatic heterocycles. The molecule has 0 rings (SSSR count). The van der Waals surface area contributed by atoms with Gasteiger partial charge < -0.3 is 28.8 Å². The maximum absolute atomic E-state index is 12.8. The molecule has 0 aliphatic carbocycles. The van der Waals surface area contributed by atoms with E-state index in [4.69, 9.17) is 9.05 Å². The lowest BCUT2D eigenvalue weighted by Crippen LogP contribution is -2.45. The van der Waals surface area contributed by atoms with E-state index in [0.717, 1.165) is 51.4 Å². The summed E-state index contributed by atoms with van der Waals surface area (Å²) in [6.07, 6.45) is 60.2.